The van der Waals surface area contributed by atoms with E-state index in [4.69, 9.17) is 9.72 Å². The van der Waals surface area contributed by atoms with Gasteiger partial charge >= 0.3 is 0 Å². The molecule has 5 heteroatoms. The van der Waals surface area contributed by atoms with Crippen LogP contribution in [0.5, 0.6) is 5.75 Å². The maximum atomic E-state index is 12.6. The molecule has 2 heterocycles. The van der Waals surface area contributed by atoms with Gasteiger partial charge in [-0.25, -0.2) is 4.98 Å². The van der Waals surface area contributed by atoms with E-state index in [0.29, 0.717) is 19.7 Å². The Morgan fingerprint density at radius 1 is 1.07 bits per heavy atom. The van der Waals surface area contributed by atoms with Crippen LogP contribution in [0.2, 0.25) is 0 Å². The van der Waals surface area contributed by atoms with Crippen LogP contribution in [0.15, 0.2) is 60.7 Å². The Labute approximate surface area is 177 Å². The number of piperazine rings is 1. The highest BCUT2D eigenvalue weighted by molar-refractivity contribution is 5.92. The summed E-state index contributed by atoms with van der Waals surface area (Å²) in [4.78, 5) is 21.6. The van der Waals surface area contributed by atoms with Crippen molar-refractivity contribution in [1.29, 1.82) is 0 Å². The minimum atomic E-state index is 0.0474. The van der Waals surface area contributed by atoms with Gasteiger partial charge in [0.25, 0.3) is 0 Å². The maximum Gasteiger partial charge on any atom is 0.246 e. The Kier molecular flexibility index (Phi) is 5.98. The lowest BCUT2D eigenvalue weighted by Gasteiger charge is -2.35. The van der Waals surface area contributed by atoms with Gasteiger partial charge in [0.2, 0.25) is 5.91 Å². The summed E-state index contributed by atoms with van der Waals surface area (Å²) < 4.78 is 5.45. The van der Waals surface area contributed by atoms with Crippen molar-refractivity contribution >= 4 is 28.7 Å². The first-order chi connectivity index (χ1) is 14.6. The number of nitrogens with zero attached hydrogens (tertiary/aromatic N) is 3. The molecule has 0 aliphatic carbocycles. The van der Waals surface area contributed by atoms with Crippen molar-refractivity contribution in [3.63, 3.8) is 0 Å². The minimum Gasteiger partial charge on any atom is -0.494 e. The van der Waals surface area contributed by atoms with E-state index in [1.54, 1.807) is 6.08 Å². The quantitative estimate of drug-likeness (QED) is 0.598. The van der Waals surface area contributed by atoms with E-state index in [0.717, 1.165) is 35.7 Å². The molecule has 0 atom stereocenters. The van der Waals surface area contributed by atoms with Gasteiger partial charge < -0.3 is 14.5 Å². The van der Waals surface area contributed by atoms with Gasteiger partial charge in [0.15, 0.2) is 0 Å². The molecule has 30 heavy (non-hydrogen) atoms. The summed E-state index contributed by atoms with van der Waals surface area (Å²) in [6, 6.07) is 18.1. The molecule has 0 N–H and O–H groups in total. The molecule has 0 bridgehead atoms. The van der Waals surface area contributed by atoms with Crippen LogP contribution in [0.25, 0.3) is 17.0 Å². The topological polar surface area (TPSA) is 45.7 Å². The summed E-state index contributed by atoms with van der Waals surface area (Å²) in [5.74, 6) is 1.88. The average molecular weight is 402 g/mol. The zero-order valence-electron chi connectivity index (χ0n) is 17.5. The molecule has 3 aromatic rings. The van der Waals surface area contributed by atoms with E-state index in [1.807, 2.05) is 54.3 Å². The van der Waals surface area contributed by atoms with Crippen molar-refractivity contribution in [2.24, 2.45) is 0 Å². The van der Waals surface area contributed by atoms with E-state index < -0.39 is 0 Å². The summed E-state index contributed by atoms with van der Waals surface area (Å²) in [6.07, 6.45) is 3.52. The first-order valence-electron chi connectivity index (χ1n) is 10.5. The fraction of sp³-hybridized carbons (Fsp3) is 0.280. The second-order valence-electron chi connectivity index (χ2n) is 7.46. The van der Waals surface area contributed by atoms with Gasteiger partial charge in [-0.2, -0.15) is 0 Å². The Hall–Kier alpha value is -3.34. The molecule has 154 valence electrons. The lowest BCUT2D eigenvalue weighted by Crippen LogP contribution is -2.48. The largest absolute Gasteiger partial charge is 0.494 e. The van der Waals surface area contributed by atoms with Gasteiger partial charge in [-0.05, 0) is 55.3 Å². The van der Waals surface area contributed by atoms with Crippen molar-refractivity contribution in [3.05, 3.63) is 71.8 Å². The van der Waals surface area contributed by atoms with Crippen molar-refractivity contribution in [2.45, 2.75) is 13.8 Å². The number of amides is 1. The summed E-state index contributed by atoms with van der Waals surface area (Å²) in [7, 11) is 0. The van der Waals surface area contributed by atoms with Gasteiger partial charge in [0.1, 0.15) is 11.6 Å². The van der Waals surface area contributed by atoms with Crippen LogP contribution in [-0.4, -0.2) is 48.6 Å². The predicted molar refractivity (Wildman–Crippen MR) is 122 cm³/mol. The van der Waals surface area contributed by atoms with E-state index in [1.165, 1.54) is 10.9 Å². The van der Waals surface area contributed by atoms with Gasteiger partial charge in [-0.1, -0.05) is 30.3 Å². The minimum absolute atomic E-state index is 0.0474. The number of para-hydroxylation sites is 1. The van der Waals surface area contributed by atoms with Crippen LogP contribution in [-0.2, 0) is 4.79 Å². The van der Waals surface area contributed by atoms with Crippen molar-refractivity contribution in [2.75, 3.05) is 37.7 Å². The molecule has 1 aliphatic heterocycles. The third-order valence-electron chi connectivity index (χ3n) is 5.43. The van der Waals surface area contributed by atoms with Gasteiger partial charge in [-0.3, -0.25) is 4.79 Å². The molecule has 1 fully saturated rings. The molecule has 4 rings (SSSR count). The van der Waals surface area contributed by atoms with Crippen LogP contribution in [0, 0.1) is 6.92 Å². The maximum absolute atomic E-state index is 12.6. The van der Waals surface area contributed by atoms with E-state index >= 15 is 0 Å². The number of fused-ring (bicyclic) bond motifs is 1. The summed E-state index contributed by atoms with van der Waals surface area (Å²) in [5, 5.41) is 1.19. The van der Waals surface area contributed by atoms with Crippen molar-refractivity contribution in [1.82, 2.24) is 9.88 Å². The zero-order valence-corrected chi connectivity index (χ0v) is 17.5. The highest BCUT2D eigenvalue weighted by Gasteiger charge is 2.21. The fourth-order valence-electron chi connectivity index (χ4n) is 3.76. The zero-order chi connectivity index (χ0) is 20.9. The standard InChI is InChI=1S/C25H27N3O2/c1-3-30-21-11-8-20(9-12-21)10-13-25(29)28-16-14-27(15-17-28)24-18-19(2)22-6-4-5-7-23(22)26-24/h4-13,18H,3,14-17H2,1-2H3/b13-10+. The fourth-order valence-corrected chi connectivity index (χ4v) is 3.76. The van der Waals surface area contributed by atoms with Gasteiger partial charge in [-0.15, -0.1) is 0 Å². The number of carbonyl (C=O) groups excluding carboxylic acids is 1. The Balaban J connectivity index is 1.36. The summed E-state index contributed by atoms with van der Waals surface area (Å²) >= 11 is 0. The van der Waals surface area contributed by atoms with E-state index in [2.05, 4.69) is 30.0 Å². The smallest absolute Gasteiger partial charge is 0.246 e. The Morgan fingerprint density at radius 3 is 2.53 bits per heavy atom. The molecule has 1 saturated heterocycles. The first-order valence-corrected chi connectivity index (χ1v) is 10.5. The molecular weight excluding hydrogens is 374 g/mol. The lowest BCUT2D eigenvalue weighted by molar-refractivity contribution is -0.126. The van der Waals surface area contributed by atoms with Crippen LogP contribution in [0.1, 0.15) is 18.1 Å². The molecule has 1 aliphatic rings. The second kappa shape index (κ2) is 8.99. The number of hydrogen-bond donors (Lipinski definition) is 0. The van der Waals surface area contributed by atoms with Crippen LogP contribution < -0.4 is 9.64 Å². The average Bonchev–Trinajstić information content (AvgIpc) is 2.79. The molecule has 1 amide bonds. The summed E-state index contributed by atoms with van der Waals surface area (Å²) in [5.41, 5.74) is 3.23. The van der Waals surface area contributed by atoms with Gasteiger partial charge in [0, 0.05) is 37.6 Å². The number of pyridine rings is 1. The number of aromatic nitrogens is 1. The Morgan fingerprint density at radius 2 is 1.80 bits per heavy atom. The number of hydrogen-bond acceptors (Lipinski definition) is 4. The van der Waals surface area contributed by atoms with Gasteiger partial charge in [0.05, 0.1) is 12.1 Å². The molecule has 2 aromatic carbocycles. The van der Waals surface area contributed by atoms with E-state index in [9.17, 15) is 4.79 Å². The van der Waals surface area contributed by atoms with Crippen LogP contribution >= 0.6 is 0 Å². The predicted octanol–water partition coefficient (Wildman–Crippen LogP) is 4.30. The molecule has 0 saturated carbocycles. The number of carbonyl (C=O) groups is 1. The highest BCUT2D eigenvalue weighted by atomic mass is 16.5. The number of aryl methyl sites for hydroxylation is 1. The Bertz CT molecular complexity index is 1050. The lowest BCUT2D eigenvalue weighted by atomic mass is 10.1. The first kappa shape index (κ1) is 20.0. The van der Waals surface area contributed by atoms with Crippen molar-refractivity contribution in [3.8, 4) is 5.75 Å². The normalized spacial score (nSPS) is 14.5. The number of benzene rings is 2. The third-order valence-corrected chi connectivity index (χ3v) is 5.43. The molecule has 0 radical (unpaired) electrons. The molecular formula is C25H27N3O2. The summed E-state index contributed by atoms with van der Waals surface area (Å²) in [6.45, 7) is 7.69. The highest BCUT2D eigenvalue weighted by Crippen LogP contribution is 2.23. The molecule has 1 aromatic heterocycles. The van der Waals surface area contributed by atoms with Crippen LogP contribution in [0.4, 0.5) is 5.82 Å². The van der Waals surface area contributed by atoms with Crippen molar-refractivity contribution < 1.29 is 9.53 Å². The second-order valence-corrected chi connectivity index (χ2v) is 7.46. The SMILES string of the molecule is CCOc1ccc(/C=C/C(=O)N2CCN(c3cc(C)c4ccccc4n3)CC2)cc1. The number of anilines is 1. The monoisotopic (exact) mass is 401 g/mol. The number of rotatable bonds is 5. The van der Waals surface area contributed by atoms with Crippen LogP contribution in [0.3, 0.4) is 0 Å². The number of ether oxygens (including phenoxy) is 1. The van der Waals surface area contributed by atoms with E-state index in [-0.39, 0.29) is 5.91 Å². The molecule has 5 nitrogen and oxygen atoms in total. The molecule has 0 spiro atoms. The molecule has 0 unspecified atom stereocenters. The third kappa shape index (κ3) is 4.46.